The van der Waals surface area contributed by atoms with Crippen molar-refractivity contribution in [1.29, 1.82) is 0 Å². The van der Waals surface area contributed by atoms with Crippen LogP contribution in [0.15, 0.2) is 102 Å². The number of benzene rings is 2. The van der Waals surface area contributed by atoms with E-state index in [0.29, 0.717) is 31.2 Å². The molecule has 0 spiro atoms. The van der Waals surface area contributed by atoms with Gasteiger partial charge in [-0.25, -0.2) is 14.8 Å². The van der Waals surface area contributed by atoms with Crippen molar-refractivity contribution in [1.82, 2.24) is 10.2 Å². The molecule has 1 aliphatic heterocycles. The van der Waals surface area contributed by atoms with Crippen LogP contribution < -0.4 is 20.9 Å². The standard InChI is InChI=1S/C30H33N7O2/c1-4-28(38)33-24-10-8-9-22(21-24)26-11-6-7-12-27(26)35-29(32-5-2)34-23-13-15-25(16-14-23)36-17-19-37(20-18-36)30(39)31-3/h4-11,13-16,21H,1-2,12,17-20H2,3H3,(H,31,39)(H,32,34)(H,33,38)/b35-27+. The third-order valence-corrected chi connectivity index (χ3v) is 6.37. The average molecular weight is 524 g/mol. The molecule has 1 fully saturated rings. The van der Waals surface area contributed by atoms with E-state index in [2.05, 4.69) is 39.0 Å². The van der Waals surface area contributed by atoms with E-state index in [1.165, 1.54) is 12.3 Å². The van der Waals surface area contributed by atoms with Crippen molar-refractivity contribution in [3.05, 3.63) is 97.8 Å². The molecule has 9 heteroatoms. The van der Waals surface area contributed by atoms with Gasteiger partial charge in [-0.2, -0.15) is 0 Å². The number of hydrogen-bond donors (Lipinski definition) is 3. The van der Waals surface area contributed by atoms with Gasteiger partial charge in [0.05, 0.1) is 5.71 Å². The van der Waals surface area contributed by atoms with E-state index >= 15 is 0 Å². The van der Waals surface area contributed by atoms with Gasteiger partial charge >= 0.3 is 6.03 Å². The first-order valence-corrected chi connectivity index (χ1v) is 12.8. The number of hydrogen-bond acceptors (Lipinski definition) is 4. The molecule has 0 radical (unpaired) electrons. The van der Waals surface area contributed by atoms with Gasteiger partial charge in [-0.05, 0) is 48.0 Å². The lowest BCUT2D eigenvalue weighted by molar-refractivity contribution is -0.111. The van der Waals surface area contributed by atoms with Crippen LogP contribution in [-0.4, -0.2) is 61.7 Å². The van der Waals surface area contributed by atoms with Crippen LogP contribution in [0.1, 0.15) is 12.0 Å². The van der Waals surface area contributed by atoms with Crippen molar-refractivity contribution < 1.29 is 9.59 Å². The van der Waals surface area contributed by atoms with Gasteiger partial charge in [0.15, 0.2) is 0 Å². The number of anilines is 3. The highest BCUT2D eigenvalue weighted by Gasteiger charge is 2.20. The molecular weight excluding hydrogens is 490 g/mol. The molecular formula is C30H33N7O2. The molecule has 1 saturated heterocycles. The largest absolute Gasteiger partial charge is 0.368 e. The minimum atomic E-state index is -0.264. The third kappa shape index (κ3) is 7.10. The molecule has 1 aliphatic carbocycles. The van der Waals surface area contributed by atoms with E-state index in [-0.39, 0.29) is 11.9 Å². The monoisotopic (exact) mass is 523 g/mol. The van der Waals surface area contributed by atoms with Gasteiger partial charge in [-0.3, -0.25) is 4.79 Å². The summed E-state index contributed by atoms with van der Waals surface area (Å²) in [5, 5.41) is 8.78. The maximum Gasteiger partial charge on any atom is 0.317 e. The molecule has 0 saturated carbocycles. The van der Waals surface area contributed by atoms with Gasteiger partial charge in [-0.1, -0.05) is 43.5 Å². The number of carbonyl (C=O) groups excluding carboxylic acids is 2. The van der Waals surface area contributed by atoms with Crippen molar-refractivity contribution in [2.45, 2.75) is 6.42 Å². The lowest BCUT2D eigenvalue weighted by Crippen LogP contribution is -2.51. The molecule has 2 aromatic carbocycles. The summed E-state index contributed by atoms with van der Waals surface area (Å²) in [6, 6.07) is 15.7. The number of nitrogens with zero attached hydrogens (tertiary/aromatic N) is 4. The number of rotatable bonds is 6. The van der Waals surface area contributed by atoms with Crippen molar-refractivity contribution in [2.75, 3.05) is 48.8 Å². The van der Waals surface area contributed by atoms with Crippen LogP contribution in [0, 0.1) is 0 Å². The smallest absolute Gasteiger partial charge is 0.317 e. The Bertz CT molecular complexity index is 1350. The first kappa shape index (κ1) is 27.1. The summed E-state index contributed by atoms with van der Waals surface area (Å²) < 4.78 is 0. The van der Waals surface area contributed by atoms with Crippen LogP contribution in [0.2, 0.25) is 0 Å². The maximum absolute atomic E-state index is 11.9. The summed E-state index contributed by atoms with van der Waals surface area (Å²) in [6.45, 7) is 10.2. The van der Waals surface area contributed by atoms with Crippen LogP contribution in [-0.2, 0) is 4.79 Å². The van der Waals surface area contributed by atoms with Crippen molar-refractivity contribution in [2.24, 2.45) is 9.98 Å². The number of aliphatic imine (C=N–C) groups is 2. The lowest BCUT2D eigenvalue weighted by atomic mass is 9.95. The number of nitrogens with one attached hydrogen (secondary N) is 3. The quantitative estimate of drug-likeness (QED) is 0.291. The van der Waals surface area contributed by atoms with Crippen molar-refractivity contribution in [3.8, 4) is 0 Å². The zero-order valence-electron chi connectivity index (χ0n) is 22.1. The Morgan fingerprint density at radius 2 is 1.74 bits per heavy atom. The second kappa shape index (κ2) is 13.0. The Balaban J connectivity index is 1.47. The number of piperazine rings is 1. The molecule has 2 aliphatic rings. The molecule has 9 nitrogen and oxygen atoms in total. The fourth-order valence-corrected chi connectivity index (χ4v) is 4.39. The van der Waals surface area contributed by atoms with Gasteiger partial charge in [-0.15, -0.1) is 0 Å². The zero-order chi connectivity index (χ0) is 27.6. The molecule has 3 amide bonds. The number of allylic oxidation sites excluding steroid dienone is 4. The van der Waals surface area contributed by atoms with Gasteiger partial charge in [0.2, 0.25) is 11.9 Å². The van der Waals surface area contributed by atoms with E-state index in [1.807, 2.05) is 71.7 Å². The van der Waals surface area contributed by atoms with Gasteiger partial charge in [0, 0.05) is 68.5 Å². The summed E-state index contributed by atoms with van der Waals surface area (Å²) >= 11 is 0. The number of carbonyl (C=O) groups is 2. The topological polar surface area (TPSA) is 101 Å². The predicted molar refractivity (Wildman–Crippen MR) is 160 cm³/mol. The van der Waals surface area contributed by atoms with E-state index in [9.17, 15) is 9.59 Å². The second-order valence-corrected chi connectivity index (χ2v) is 8.88. The molecule has 0 unspecified atom stereocenters. The summed E-state index contributed by atoms with van der Waals surface area (Å²) in [7, 11) is 1.65. The minimum Gasteiger partial charge on any atom is -0.368 e. The second-order valence-electron chi connectivity index (χ2n) is 8.88. The molecule has 3 N–H and O–H groups in total. The molecule has 0 aromatic heterocycles. The summed E-state index contributed by atoms with van der Waals surface area (Å²) in [4.78, 5) is 36.9. The lowest BCUT2D eigenvalue weighted by Gasteiger charge is -2.35. The molecule has 200 valence electrons. The first-order valence-electron chi connectivity index (χ1n) is 12.8. The van der Waals surface area contributed by atoms with Gasteiger partial charge in [0.25, 0.3) is 0 Å². The van der Waals surface area contributed by atoms with Crippen LogP contribution in [0.3, 0.4) is 0 Å². The molecule has 1 heterocycles. The Kier molecular flexibility index (Phi) is 9.07. The highest BCUT2D eigenvalue weighted by Crippen LogP contribution is 2.25. The van der Waals surface area contributed by atoms with E-state index in [0.717, 1.165) is 41.3 Å². The molecule has 0 atom stereocenters. The van der Waals surface area contributed by atoms with Gasteiger partial charge in [0.1, 0.15) is 0 Å². The first-order chi connectivity index (χ1) is 19.0. The van der Waals surface area contributed by atoms with Gasteiger partial charge < -0.3 is 25.8 Å². The molecule has 4 rings (SSSR count). The molecule has 2 aromatic rings. The summed E-state index contributed by atoms with van der Waals surface area (Å²) in [5.41, 5.74) is 5.33. The van der Waals surface area contributed by atoms with Crippen molar-refractivity contribution in [3.63, 3.8) is 0 Å². The van der Waals surface area contributed by atoms with Crippen LogP contribution >= 0.6 is 0 Å². The Morgan fingerprint density at radius 3 is 2.44 bits per heavy atom. The average Bonchev–Trinajstić information content (AvgIpc) is 2.97. The number of urea groups is 1. The van der Waals surface area contributed by atoms with Crippen LogP contribution in [0.5, 0.6) is 0 Å². The normalized spacial score (nSPS) is 16.4. The Morgan fingerprint density at radius 1 is 0.974 bits per heavy atom. The predicted octanol–water partition coefficient (Wildman–Crippen LogP) is 4.67. The highest BCUT2D eigenvalue weighted by molar-refractivity contribution is 6.28. The van der Waals surface area contributed by atoms with Crippen LogP contribution in [0.25, 0.3) is 5.57 Å². The highest BCUT2D eigenvalue weighted by atomic mass is 16.2. The number of amides is 3. The molecule has 0 bridgehead atoms. The SMILES string of the molecule is C=CN=C(/N=C1\CC=CC=C1c1cccc(NC(=O)C=C)c1)Nc1ccc(N2CCN(C(=O)NC)CC2)cc1. The summed E-state index contributed by atoms with van der Waals surface area (Å²) in [6.07, 6.45) is 9.37. The zero-order valence-corrected chi connectivity index (χ0v) is 22.1. The number of guanidine groups is 1. The van der Waals surface area contributed by atoms with E-state index in [1.54, 1.807) is 7.05 Å². The third-order valence-electron chi connectivity index (χ3n) is 6.37. The van der Waals surface area contributed by atoms with Crippen LogP contribution in [0.4, 0.5) is 21.9 Å². The Labute approximate surface area is 229 Å². The van der Waals surface area contributed by atoms with Crippen molar-refractivity contribution >= 4 is 46.2 Å². The summed E-state index contributed by atoms with van der Waals surface area (Å²) in [5.74, 6) is 0.157. The minimum absolute atomic E-state index is 0.0384. The fourth-order valence-electron chi connectivity index (χ4n) is 4.39. The Hall–Kier alpha value is -4.92. The van der Waals surface area contributed by atoms with E-state index < -0.39 is 0 Å². The van der Waals surface area contributed by atoms with E-state index in [4.69, 9.17) is 4.99 Å². The molecule has 39 heavy (non-hydrogen) atoms. The maximum atomic E-state index is 11.9. The fraction of sp³-hybridized carbons (Fsp3) is 0.200.